The Hall–Kier alpha value is -2.31. The van der Waals surface area contributed by atoms with Crippen molar-refractivity contribution in [3.05, 3.63) is 71.2 Å². The first-order valence-corrected chi connectivity index (χ1v) is 10.1. The van der Waals surface area contributed by atoms with Crippen LogP contribution in [0.15, 0.2) is 60.0 Å². The van der Waals surface area contributed by atoms with Crippen LogP contribution >= 0.6 is 23.1 Å². The molecule has 0 amide bonds. The van der Waals surface area contributed by atoms with E-state index in [1.165, 1.54) is 18.9 Å². The lowest BCUT2D eigenvalue weighted by Crippen LogP contribution is -2.03. The van der Waals surface area contributed by atoms with Crippen molar-refractivity contribution in [2.45, 2.75) is 12.4 Å². The number of benzene rings is 2. The highest BCUT2D eigenvalue weighted by atomic mass is 32.2. The predicted octanol–water partition coefficient (Wildman–Crippen LogP) is 4.80. The van der Waals surface area contributed by atoms with Crippen molar-refractivity contribution in [3.63, 3.8) is 0 Å². The average molecular weight is 386 g/mol. The van der Waals surface area contributed by atoms with Crippen LogP contribution in [-0.4, -0.2) is 23.8 Å². The fourth-order valence-corrected chi connectivity index (χ4v) is 3.89. The molecule has 3 aromatic rings. The number of carbonyl (C=O) groups excluding carboxylic acids is 1. The van der Waals surface area contributed by atoms with Crippen LogP contribution in [-0.2, 0) is 21.9 Å². The van der Waals surface area contributed by atoms with E-state index in [0.717, 1.165) is 33.3 Å². The molecule has 0 saturated heterocycles. The maximum atomic E-state index is 11.2. The zero-order chi connectivity index (χ0) is 18.2. The third kappa shape index (κ3) is 5.34. The monoisotopic (exact) mass is 385 g/mol. The number of ether oxygens (including phenoxy) is 2. The lowest BCUT2D eigenvalue weighted by Gasteiger charge is -2.07. The molecule has 6 heteroatoms. The molecule has 0 spiro atoms. The highest BCUT2D eigenvalue weighted by Gasteiger charge is 2.06. The van der Waals surface area contributed by atoms with Crippen LogP contribution in [0.2, 0.25) is 0 Å². The zero-order valence-electron chi connectivity index (χ0n) is 14.4. The highest BCUT2D eigenvalue weighted by Crippen LogP contribution is 2.24. The van der Waals surface area contributed by atoms with Crippen molar-refractivity contribution in [2.24, 2.45) is 0 Å². The Morgan fingerprint density at radius 1 is 1.15 bits per heavy atom. The Kier molecular flexibility index (Phi) is 6.68. The van der Waals surface area contributed by atoms with E-state index in [1.54, 1.807) is 11.3 Å². The lowest BCUT2D eigenvalue weighted by molar-refractivity contribution is -0.137. The molecule has 26 heavy (non-hydrogen) atoms. The molecule has 3 rings (SSSR count). The third-order valence-corrected chi connectivity index (χ3v) is 5.49. The van der Waals surface area contributed by atoms with E-state index in [9.17, 15) is 4.79 Å². The minimum absolute atomic E-state index is 0.208. The summed E-state index contributed by atoms with van der Waals surface area (Å²) in [4.78, 5) is 15.8. The van der Waals surface area contributed by atoms with Crippen LogP contribution in [0.3, 0.4) is 0 Å². The molecule has 0 N–H and O–H groups in total. The van der Waals surface area contributed by atoms with Gasteiger partial charge in [-0.1, -0.05) is 42.5 Å². The van der Waals surface area contributed by atoms with Crippen molar-refractivity contribution >= 4 is 29.1 Å². The Morgan fingerprint density at radius 3 is 2.81 bits per heavy atom. The van der Waals surface area contributed by atoms with Gasteiger partial charge in [0.05, 0.1) is 18.6 Å². The number of hydrogen-bond acceptors (Lipinski definition) is 6. The molecule has 4 nitrogen and oxygen atoms in total. The maximum Gasteiger partial charge on any atom is 0.315 e. The van der Waals surface area contributed by atoms with Crippen LogP contribution in [0.25, 0.3) is 10.6 Å². The molecule has 0 radical (unpaired) electrons. The van der Waals surface area contributed by atoms with E-state index in [4.69, 9.17) is 4.74 Å². The zero-order valence-corrected chi connectivity index (χ0v) is 16.0. The van der Waals surface area contributed by atoms with Gasteiger partial charge in [-0.2, -0.15) is 0 Å². The fourth-order valence-electron chi connectivity index (χ4n) is 2.28. The average Bonchev–Trinajstić information content (AvgIpc) is 3.16. The molecule has 2 aromatic carbocycles. The van der Waals surface area contributed by atoms with Crippen molar-refractivity contribution < 1.29 is 14.3 Å². The first-order chi connectivity index (χ1) is 12.7. The van der Waals surface area contributed by atoms with Gasteiger partial charge in [0, 0.05) is 16.7 Å². The van der Waals surface area contributed by atoms with Crippen LogP contribution < -0.4 is 4.74 Å². The second-order valence-electron chi connectivity index (χ2n) is 5.52. The smallest absolute Gasteiger partial charge is 0.315 e. The molecule has 0 aliphatic carbocycles. The standard InChI is InChI=1S/C20H19NO3S2/c1-23-19(22)14-25-12-15-6-5-9-18(10-15)24-11-17-13-26-20(21-17)16-7-3-2-4-8-16/h2-10,13H,11-12,14H2,1H3. The first kappa shape index (κ1) is 18.5. The second kappa shape index (κ2) is 9.40. The van der Waals surface area contributed by atoms with E-state index < -0.39 is 0 Å². The van der Waals surface area contributed by atoms with Gasteiger partial charge in [-0.25, -0.2) is 4.98 Å². The van der Waals surface area contributed by atoms with Crippen molar-refractivity contribution in [1.29, 1.82) is 0 Å². The Labute approximate surface area is 161 Å². The van der Waals surface area contributed by atoms with Gasteiger partial charge < -0.3 is 9.47 Å². The van der Waals surface area contributed by atoms with E-state index in [2.05, 4.69) is 21.9 Å². The molecular weight excluding hydrogens is 366 g/mol. The molecule has 0 unspecified atom stereocenters. The minimum Gasteiger partial charge on any atom is -0.487 e. The number of rotatable bonds is 8. The largest absolute Gasteiger partial charge is 0.487 e. The number of thiazole rings is 1. The van der Waals surface area contributed by atoms with Gasteiger partial charge in [-0.15, -0.1) is 23.1 Å². The molecule has 1 heterocycles. The lowest BCUT2D eigenvalue weighted by atomic mass is 10.2. The van der Waals surface area contributed by atoms with Crippen LogP contribution in [0.5, 0.6) is 5.75 Å². The Balaban J connectivity index is 1.54. The summed E-state index contributed by atoms with van der Waals surface area (Å²) in [5.74, 6) is 1.68. The Bertz CT molecular complexity index is 849. The topological polar surface area (TPSA) is 48.4 Å². The minimum atomic E-state index is -0.208. The van der Waals surface area contributed by atoms with E-state index in [0.29, 0.717) is 12.4 Å². The number of thioether (sulfide) groups is 1. The molecule has 0 bridgehead atoms. The van der Waals surface area contributed by atoms with Gasteiger partial charge in [0.15, 0.2) is 0 Å². The molecule has 0 aliphatic heterocycles. The van der Waals surface area contributed by atoms with Gasteiger partial charge in [0.2, 0.25) is 0 Å². The third-order valence-electron chi connectivity index (χ3n) is 3.57. The number of nitrogens with zero attached hydrogens (tertiary/aromatic N) is 1. The molecule has 1 aromatic heterocycles. The summed E-state index contributed by atoms with van der Waals surface area (Å²) in [6.07, 6.45) is 0. The van der Waals surface area contributed by atoms with Crippen molar-refractivity contribution in [3.8, 4) is 16.3 Å². The highest BCUT2D eigenvalue weighted by molar-refractivity contribution is 7.99. The molecule has 134 valence electrons. The van der Waals surface area contributed by atoms with Crippen molar-refractivity contribution in [1.82, 2.24) is 4.98 Å². The van der Waals surface area contributed by atoms with Crippen LogP contribution in [0.1, 0.15) is 11.3 Å². The number of esters is 1. The quantitative estimate of drug-likeness (QED) is 0.522. The first-order valence-electron chi connectivity index (χ1n) is 8.11. The Morgan fingerprint density at radius 2 is 2.00 bits per heavy atom. The number of carbonyl (C=O) groups is 1. The number of hydrogen-bond donors (Lipinski definition) is 0. The molecular formula is C20H19NO3S2. The normalized spacial score (nSPS) is 10.5. The van der Waals surface area contributed by atoms with Gasteiger partial charge in [-0.3, -0.25) is 4.79 Å². The molecule has 0 fully saturated rings. The summed E-state index contributed by atoms with van der Waals surface area (Å²) < 4.78 is 10.5. The van der Waals surface area contributed by atoms with E-state index >= 15 is 0 Å². The second-order valence-corrected chi connectivity index (χ2v) is 7.36. The summed E-state index contributed by atoms with van der Waals surface area (Å²) >= 11 is 3.14. The van der Waals surface area contributed by atoms with Crippen LogP contribution in [0, 0.1) is 0 Å². The molecule has 0 saturated carbocycles. The van der Waals surface area contributed by atoms with Gasteiger partial charge in [0.25, 0.3) is 0 Å². The maximum absolute atomic E-state index is 11.2. The predicted molar refractivity (Wildman–Crippen MR) is 107 cm³/mol. The summed E-state index contributed by atoms with van der Waals surface area (Å²) in [7, 11) is 1.40. The van der Waals surface area contributed by atoms with Gasteiger partial charge in [0.1, 0.15) is 17.4 Å². The van der Waals surface area contributed by atoms with Gasteiger partial charge >= 0.3 is 5.97 Å². The van der Waals surface area contributed by atoms with E-state index in [1.807, 2.05) is 47.8 Å². The van der Waals surface area contributed by atoms with Gasteiger partial charge in [-0.05, 0) is 17.7 Å². The molecule has 0 aliphatic rings. The summed E-state index contributed by atoms with van der Waals surface area (Å²) in [6, 6.07) is 18.0. The summed E-state index contributed by atoms with van der Waals surface area (Å²) in [5.41, 5.74) is 3.15. The SMILES string of the molecule is COC(=O)CSCc1cccc(OCc2csc(-c3ccccc3)n2)c1. The summed E-state index contributed by atoms with van der Waals surface area (Å²) in [5, 5.41) is 3.02. The molecule has 0 atom stereocenters. The number of aromatic nitrogens is 1. The van der Waals surface area contributed by atoms with Crippen LogP contribution in [0.4, 0.5) is 0 Å². The van der Waals surface area contributed by atoms with E-state index in [-0.39, 0.29) is 5.97 Å². The fraction of sp³-hybridized carbons (Fsp3) is 0.200. The number of methoxy groups -OCH3 is 1. The van der Waals surface area contributed by atoms with Crippen molar-refractivity contribution in [2.75, 3.05) is 12.9 Å². The summed E-state index contributed by atoms with van der Waals surface area (Å²) in [6.45, 7) is 0.433.